The number of rotatable bonds is 7. The van der Waals surface area contributed by atoms with Gasteiger partial charge in [0.05, 0.1) is 16.3 Å². The van der Waals surface area contributed by atoms with Crippen molar-refractivity contribution < 1.29 is 13.2 Å². The van der Waals surface area contributed by atoms with Crippen LogP contribution in [0, 0.1) is 26.7 Å². The molecule has 0 radical (unpaired) electrons. The minimum Gasteiger partial charge on any atom is -0.355 e. The molecule has 34 heavy (non-hydrogen) atoms. The van der Waals surface area contributed by atoms with Gasteiger partial charge in [-0.2, -0.15) is 9.40 Å². The first-order valence-corrected chi connectivity index (χ1v) is 13.2. The van der Waals surface area contributed by atoms with Crippen molar-refractivity contribution in [2.45, 2.75) is 44.9 Å². The van der Waals surface area contributed by atoms with Crippen molar-refractivity contribution in [1.29, 1.82) is 0 Å². The molecule has 1 aromatic heterocycles. The van der Waals surface area contributed by atoms with E-state index in [9.17, 15) is 13.2 Å². The van der Waals surface area contributed by atoms with E-state index in [1.165, 1.54) is 4.31 Å². The number of aromatic nitrogens is 2. The van der Waals surface area contributed by atoms with E-state index >= 15 is 0 Å². The topological polar surface area (TPSA) is 84.3 Å². The van der Waals surface area contributed by atoms with Crippen LogP contribution in [0.3, 0.4) is 0 Å². The summed E-state index contributed by atoms with van der Waals surface area (Å²) in [4.78, 5) is 13.1. The maximum absolute atomic E-state index is 13.3. The van der Waals surface area contributed by atoms with E-state index in [2.05, 4.69) is 10.4 Å². The molecule has 7 nitrogen and oxygen atoms in total. The third-order valence-electron chi connectivity index (χ3n) is 6.37. The van der Waals surface area contributed by atoms with E-state index in [4.69, 9.17) is 0 Å². The largest absolute Gasteiger partial charge is 0.355 e. The Balaban J connectivity index is 1.28. The van der Waals surface area contributed by atoms with E-state index < -0.39 is 10.0 Å². The molecular weight excluding hydrogens is 448 g/mol. The average molecular weight is 481 g/mol. The van der Waals surface area contributed by atoms with Gasteiger partial charge in [0.1, 0.15) is 0 Å². The summed E-state index contributed by atoms with van der Waals surface area (Å²) in [5.41, 5.74) is 4.50. The second-order valence-electron chi connectivity index (χ2n) is 9.03. The third-order valence-corrected chi connectivity index (χ3v) is 8.58. The molecule has 0 aliphatic carbocycles. The Morgan fingerprint density at radius 1 is 1.03 bits per heavy atom. The fourth-order valence-corrected chi connectivity index (χ4v) is 6.62. The number of benzene rings is 2. The molecule has 0 saturated carbocycles. The first kappa shape index (κ1) is 24.2. The van der Waals surface area contributed by atoms with Crippen molar-refractivity contribution >= 4 is 15.9 Å². The monoisotopic (exact) mass is 480 g/mol. The van der Waals surface area contributed by atoms with Crippen LogP contribution in [0.15, 0.2) is 59.6 Å². The number of nitrogens with one attached hydrogen (secondary N) is 1. The Labute approximate surface area is 201 Å². The van der Waals surface area contributed by atoms with Crippen molar-refractivity contribution in [2.75, 3.05) is 19.6 Å². The van der Waals surface area contributed by atoms with E-state index in [1.807, 2.05) is 80.2 Å². The summed E-state index contributed by atoms with van der Waals surface area (Å²) in [5.74, 6) is -0.184. The van der Waals surface area contributed by atoms with Gasteiger partial charge in [-0.1, -0.05) is 35.9 Å². The predicted molar refractivity (Wildman–Crippen MR) is 132 cm³/mol. The second kappa shape index (κ2) is 10.1. The maximum Gasteiger partial charge on any atom is 0.243 e. The number of carbonyl (C=O) groups is 1. The number of para-hydroxylation sites is 1. The molecule has 8 heteroatoms. The minimum absolute atomic E-state index is 0.0118. The number of nitrogens with zero attached hydrogens (tertiary/aromatic N) is 3. The molecule has 1 aliphatic rings. The number of piperidine rings is 1. The fourth-order valence-electron chi connectivity index (χ4n) is 4.74. The van der Waals surface area contributed by atoms with Crippen molar-refractivity contribution in [3.05, 3.63) is 77.1 Å². The van der Waals surface area contributed by atoms with Gasteiger partial charge in [-0.15, -0.1) is 0 Å². The third kappa shape index (κ3) is 5.23. The average Bonchev–Trinajstić information content (AvgIpc) is 3.28. The number of hydrogen-bond acceptors (Lipinski definition) is 4. The molecule has 1 N–H and O–H groups in total. The molecule has 180 valence electrons. The predicted octanol–water partition coefficient (Wildman–Crippen LogP) is 3.56. The van der Waals surface area contributed by atoms with Gasteiger partial charge < -0.3 is 5.32 Å². The smallest absolute Gasteiger partial charge is 0.243 e. The van der Waals surface area contributed by atoms with Crippen LogP contribution in [0.2, 0.25) is 0 Å². The molecule has 4 rings (SSSR count). The van der Waals surface area contributed by atoms with E-state index in [1.54, 1.807) is 0 Å². The van der Waals surface area contributed by atoms with Crippen LogP contribution in [0.4, 0.5) is 0 Å². The van der Waals surface area contributed by atoms with Crippen LogP contribution in [-0.4, -0.2) is 48.0 Å². The highest BCUT2D eigenvalue weighted by molar-refractivity contribution is 7.89. The SMILES string of the molecule is Cc1cc(C)c(S(=O)(=O)N2CCC(C(=O)NCCc3ccn(-c4ccccc4)n3)CC2)c(C)c1. The summed E-state index contributed by atoms with van der Waals surface area (Å²) in [6, 6.07) is 15.7. The standard InChI is InChI=1S/C26H32N4O3S/c1-19-17-20(2)25(21(3)18-19)34(32,33)29-14-10-22(11-15-29)26(31)27-13-9-23-12-16-30(28-23)24-7-5-4-6-8-24/h4-8,12,16-18,22H,9-11,13-15H2,1-3H3,(H,27,31). The molecule has 2 heterocycles. The molecule has 1 fully saturated rings. The highest BCUT2D eigenvalue weighted by Gasteiger charge is 2.33. The lowest BCUT2D eigenvalue weighted by atomic mass is 9.97. The lowest BCUT2D eigenvalue weighted by Crippen LogP contribution is -2.43. The van der Waals surface area contributed by atoms with E-state index in [-0.39, 0.29) is 11.8 Å². The van der Waals surface area contributed by atoms with Gasteiger partial charge in [-0.25, -0.2) is 13.1 Å². The second-order valence-corrected chi connectivity index (χ2v) is 10.9. The Morgan fingerprint density at radius 2 is 1.68 bits per heavy atom. The van der Waals surface area contributed by atoms with E-state index in [0.29, 0.717) is 43.8 Å². The quantitative estimate of drug-likeness (QED) is 0.560. The Morgan fingerprint density at radius 3 is 2.32 bits per heavy atom. The summed E-state index contributed by atoms with van der Waals surface area (Å²) in [7, 11) is -3.57. The highest BCUT2D eigenvalue weighted by atomic mass is 32.2. The number of sulfonamides is 1. The normalized spacial score (nSPS) is 15.4. The zero-order valence-corrected chi connectivity index (χ0v) is 20.8. The Kier molecular flexibility index (Phi) is 7.19. The van der Waals surface area contributed by atoms with Gasteiger partial charge in [-0.05, 0) is 62.9 Å². The van der Waals surface area contributed by atoms with Gasteiger partial charge >= 0.3 is 0 Å². The molecule has 3 aromatic rings. The number of carbonyl (C=O) groups excluding carboxylic acids is 1. The molecule has 1 saturated heterocycles. The summed E-state index contributed by atoms with van der Waals surface area (Å²) in [6.07, 6.45) is 3.61. The fraction of sp³-hybridized carbons (Fsp3) is 0.385. The summed E-state index contributed by atoms with van der Waals surface area (Å²) in [5, 5.41) is 7.57. The Bertz CT molecular complexity index is 1240. The number of amides is 1. The highest BCUT2D eigenvalue weighted by Crippen LogP contribution is 2.28. The minimum atomic E-state index is -3.57. The number of hydrogen-bond donors (Lipinski definition) is 1. The molecule has 1 amide bonds. The van der Waals surface area contributed by atoms with Gasteiger partial charge in [0.25, 0.3) is 0 Å². The van der Waals surface area contributed by atoms with Gasteiger partial charge in [0, 0.05) is 38.2 Å². The molecular formula is C26H32N4O3S. The van der Waals surface area contributed by atoms with Crippen molar-refractivity contribution in [2.24, 2.45) is 5.92 Å². The summed E-state index contributed by atoms with van der Waals surface area (Å²) < 4.78 is 29.9. The summed E-state index contributed by atoms with van der Waals surface area (Å²) >= 11 is 0. The molecule has 0 bridgehead atoms. The van der Waals surface area contributed by atoms with Gasteiger partial charge in [0.2, 0.25) is 15.9 Å². The first-order chi connectivity index (χ1) is 16.3. The molecule has 0 spiro atoms. The first-order valence-electron chi connectivity index (χ1n) is 11.7. The van der Waals surface area contributed by atoms with Gasteiger partial charge in [0.15, 0.2) is 0 Å². The van der Waals surface area contributed by atoms with Crippen molar-refractivity contribution in [3.63, 3.8) is 0 Å². The molecule has 0 atom stereocenters. The zero-order chi connectivity index (χ0) is 24.3. The Hall–Kier alpha value is -2.97. The van der Waals surface area contributed by atoms with Crippen LogP contribution < -0.4 is 5.32 Å². The van der Waals surface area contributed by atoms with Crippen LogP contribution in [-0.2, 0) is 21.2 Å². The van der Waals surface area contributed by atoms with Gasteiger partial charge in [-0.3, -0.25) is 4.79 Å². The van der Waals surface area contributed by atoms with Crippen LogP contribution in [0.25, 0.3) is 5.69 Å². The van der Waals surface area contributed by atoms with Crippen LogP contribution in [0.5, 0.6) is 0 Å². The maximum atomic E-state index is 13.3. The molecule has 0 unspecified atom stereocenters. The summed E-state index contributed by atoms with van der Waals surface area (Å²) in [6.45, 7) is 6.87. The lowest BCUT2D eigenvalue weighted by Gasteiger charge is -2.31. The van der Waals surface area contributed by atoms with E-state index in [0.717, 1.165) is 28.1 Å². The van der Waals surface area contributed by atoms with Crippen LogP contribution in [0.1, 0.15) is 35.2 Å². The molecule has 1 aliphatic heterocycles. The van der Waals surface area contributed by atoms with Crippen LogP contribution >= 0.6 is 0 Å². The number of aryl methyl sites for hydroxylation is 3. The van der Waals surface area contributed by atoms with Crippen molar-refractivity contribution in [1.82, 2.24) is 19.4 Å². The molecule has 2 aromatic carbocycles. The lowest BCUT2D eigenvalue weighted by molar-refractivity contribution is -0.126. The van der Waals surface area contributed by atoms with Crippen molar-refractivity contribution in [3.8, 4) is 5.69 Å². The zero-order valence-electron chi connectivity index (χ0n) is 20.0.